The number of likely N-dealkylation sites (N-methyl/N-ethyl adjacent to an activating group) is 1. The monoisotopic (exact) mass is 424 g/mol. The molecule has 5 heteroatoms. The van der Waals surface area contributed by atoms with Crippen LogP contribution in [0.25, 0.3) is 0 Å². The van der Waals surface area contributed by atoms with E-state index in [1.54, 1.807) is 11.9 Å². The van der Waals surface area contributed by atoms with Gasteiger partial charge in [0, 0.05) is 32.1 Å². The highest BCUT2D eigenvalue weighted by atomic mass is 16.5. The molecule has 0 fully saturated rings. The molecule has 0 aliphatic carbocycles. The fourth-order valence-electron chi connectivity index (χ4n) is 4.16. The number of aliphatic hydroxyl groups excluding tert-OH is 1. The van der Waals surface area contributed by atoms with E-state index in [9.17, 15) is 4.79 Å². The van der Waals surface area contributed by atoms with Crippen molar-refractivity contribution in [3.05, 3.63) is 64.7 Å². The molecular weight excluding hydrogens is 388 g/mol. The van der Waals surface area contributed by atoms with Gasteiger partial charge in [0.1, 0.15) is 5.75 Å². The zero-order valence-corrected chi connectivity index (χ0v) is 19.0. The van der Waals surface area contributed by atoms with Gasteiger partial charge in [-0.15, -0.1) is 0 Å². The Labute approximate surface area is 186 Å². The molecule has 0 radical (unpaired) electrons. The molecule has 3 rings (SSSR count). The summed E-state index contributed by atoms with van der Waals surface area (Å²) >= 11 is 0. The third-order valence-electron chi connectivity index (χ3n) is 5.80. The Balaban J connectivity index is 1.89. The number of carbonyl (C=O) groups excluding carboxylic acids is 1. The maximum atomic E-state index is 12.7. The largest absolute Gasteiger partial charge is 0.493 e. The van der Waals surface area contributed by atoms with Crippen LogP contribution in [-0.4, -0.2) is 60.7 Å². The number of rotatable bonds is 5. The van der Waals surface area contributed by atoms with Gasteiger partial charge in [0.05, 0.1) is 13.2 Å². The van der Waals surface area contributed by atoms with Gasteiger partial charge in [-0.25, -0.2) is 0 Å². The Hall–Kier alpha value is -2.37. The summed E-state index contributed by atoms with van der Waals surface area (Å²) in [5, 5.41) is 9.16. The van der Waals surface area contributed by atoms with Crippen molar-refractivity contribution in [1.29, 1.82) is 0 Å². The minimum atomic E-state index is -0.0831. The number of amides is 1. The molecule has 0 aromatic heterocycles. The van der Waals surface area contributed by atoms with Crippen molar-refractivity contribution < 1.29 is 14.6 Å². The van der Waals surface area contributed by atoms with E-state index in [1.807, 2.05) is 18.2 Å². The van der Waals surface area contributed by atoms with Gasteiger partial charge in [0.25, 0.3) is 5.91 Å². The summed E-state index contributed by atoms with van der Waals surface area (Å²) in [6.07, 6.45) is 5.25. The second kappa shape index (κ2) is 11.9. The van der Waals surface area contributed by atoms with Crippen molar-refractivity contribution in [3.8, 4) is 5.75 Å². The van der Waals surface area contributed by atoms with Gasteiger partial charge >= 0.3 is 0 Å². The molecule has 1 heterocycles. The van der Waals surface area contributed by atoms with Gasteiger partial charge in [-0.05, 0) is 73.7 Å². The summed E-state index contributed by atoms with van der Waals surface area (Å²) in [7, 11) is 1.71. The smallest absolute Gasteiger partial charge is 0.253 e. The van der Waals surface area contributed by atoms with Crippen LogP contribution in [0.15, 0.2) is 42.5 Å². The number of hydrogen-bond acceptors (Lipinski definition) is 4. The lowest BCUT2D eigenvalue weighted by Crippen LogP contribution is -2.29. The van der Waals surface area contributed by atoms with Crippen LogP contribution < -0.4 is 4.74 Å². The first-order valence-electron chi connectivity index (χ1n) is 11.5. The van der Waals surface area contributed by atoms with E-state index in [0.717, 1.165) is 56.6 Å². The normalized spacial score (nSPS) is 15.5. The Bertz CT molecular complexity index is 852. The fourth-order valence-corrected chi connectivity index (χ4v) is 4.16. The summed E-state index contributed by atoms with van der Waals surface area (Å²) in [5.41, 5.74) is 4.22. The number of aliphatic hydroxyl groups is 1. The van der Waals surface area contributed by atoms with Crippen LogP contribution in [0.4, 0.5) is 0 Å². The second-order valence-corrected chi connectivity index (χ2v) is 8.45. The Morgan fingerprint density at radius 1 is 1.13 bits per heavy atom. The standard InChI is InChI=1S/C26H36N2O3/c1-3-12-28-13-5-4-6-16-31-25-11-10-23(26(30)27(2)14-15-29)19-24(25)18-21-8-7-9-22(17-21)20-28/h7-11,17,19,29H,3-6,12-16,18,20H2,1-2H3. The van der Waals surface area contributed by atoms with Gasteiger partial charge in [-0.1, -0.05) is 31.2 Å². The molecule has 2 aromatic carbocycles. The predicted octanol–water partition coefficient (Wildman–Crippen LogP) is 4.12. The van der Waals surface area contributed by atoms with Crippen LogP contribution in [-0.2, 0) is 13.0 Å². The summed E-state index contributed by atoms with van der Waals surface area (Å²) in [6, 6.07) is 14.5. The highest BCUT2D eigenvalue weighted by Gasteiger charge is 2.15. The maximum Gasteiger partial charge on any atom is 0.253 e. The van der Waals surface area contributed by atoms with E-state index < -0.39 is 0 Å². The molecule has 0 spiro atoms. The minimum Gasteiger partial charge on any atom is -0.493 e. The second-order valence-electron chi connectivity index (χ2n) is 8.45. The molecule has 1 N–H and O–H groups in total. The summed E-state index contributed by atoms with van der Waals surface area (Å²) in [6.45, 7) is 6.44. The van der Waals surface area contributed by atoms with Crippen LogP contribution in [0.5, 0.6) is 5.75 Å². The summed E-state index contributed by atoms with van der Waals surface area (Å²) in [5.74, 6) is 0.775. The van der Waals surface area contributed by atoms with Gasteiger partial charge in [-0.3, -0.25) is 9.69 Å². The van der Waals surface area contributed by atoms with Crippen LogP contribution in [0.1, 0.15) is 59.7 Å². The van der Waals surface area contributed by atoms with Gasteiger partial charge < -0.3 is 14.7 Å². The molecule has 0 atom stereocenters. The van der Waals surface area contributed by atoms with Crippen LogP contribution >= 0.6 is 0 Å². The lowest BCUT2D eigenvalue weighted by Gasteiger charge is -2.23. The highest BCUT2D eigenvalue weighted by Crippen LogP contribution is 2.25. The van der Waals surface area contributed by atoms with Gasteiger partial charge in [0.2, 0.25) is 0 Å². The number of nitrogens with zero attached hydrogens (tertiary/aromatic N) is 2. The molecule has 1 aliphatic heterocycles. The summed E-state index contributed by atoms with van der Waals surface area (Å²) in [4.78, 5) is 16.8. The zero-order chi connectivity index (χ0) is 22.1. The summed E-state index contributed by atoms with van der Waals surface area (Å²) < 4.78 is 6.14. The molecule has 2 aromatic rings. The zero-order valence-electron chi connectivity index (χ0n) is 19.0. The molecule has 0 saturated carbocycles. The Morgan fingerprint density at radius 2 is 1.97 bits per heavy atom. The van der Waals surface area contributed by atoms with E-state index in [-0.39, 0.29) is 12.5 Å². The van der Waals surface area contributed by atoms with Crippen LogP contribution in [0.2, 0.25) is 0 Å². The van der Waals surface area contributed by atoms with Crippen LogP contribution in [0.3, 0.4) is 0 Å². The van der Waals surface area contributed by atoms with Crippen molar-refractivity contribution in [2.45, 2.75) is 45.6 Å². The predicted molar refractivity (Wildman–Crippen MR) is 125 cm³/mol. The number of carbonyl (C=O) groups is 1. The molecule has 2 bridgehead atoms. The van der Waals surface area contributed by atoms with E-state index in [0.29, 0.717) is 18.7 Å². The van der Waals surface area contributed by atoms with Gasteiger partial charge in [-0.2, -0.15) is 0 Å². The van der Waals surface area contributed by atoms with Crippen molar-refractivity contribution in [1.82, 2.24) is 9.80 Å². The molecule has 0 saturated heterocycles. The highest BCUT2D eigenvalue weighted by molar-refractivity contribution is 5.94. The molecule has 168 valence electrons. The molecule has 31 heavy (non-hydrogen) atoms. The first-order chi connectivity index (χ1) is 15.1. The molecule has 5 nitrogen and oxygen atoms in total. The first-order valence-corrected chi connectivity index (χ1v) is 11.5. The third kappa shape index (κ3) is 6.81. The maximum absolute atomic E-state index is 12.7. The van der Waals surface area contributed by atoms with Crippen LogP contribution in [0, 0.1) is 0 Å². The van der Waals surface area contributed by atoms with Crippen molar-refractivity contribution in [3.63, 3.8) is 0 Å². The number of fused-ring (bicyclic) bond motifs is 3. The number of ether oxygens (including phenoxy) is 1. The molecule has 0 unspecified atom stereocenters. The van der Waals surface area contributed by atoms with Crippen molar-refractivity contribution in [2.75, 3.05) is 39.9 Å². The average Bonchev–Trinajstić information content (AvgIpc) is 2.76. The lowest BCUT2D eigenvalue weighted by molar-refractivity contribution is 0.0767. The molecule has 1 amide bonds. The molecular formula is C26H36N2O3. The van der Waals surface area contributed by atoms with E-state index in [4.69, 9.17) is 9.84 Å². The van der Waals surface area contributed by atoms with Gasteiger partial charge in [0.15, 0.2) is 0 Å². The fraction of sp³-hybridized carbons (Fsp3) is 0.500. The molecule has 1 aliphatic rings. The lowest BCUT2D eigenvalue weighted by atomic mass is 9.99. The quantitative estimate of drug-likeness (QED) is 0.785. The Kier molecular flexibility index (Phi) is 8.92. The van der Waals surface area contributed by atoms with Crippen molar-refractivity contribution in [2.24, 2.45) is 0 Å². The van der Waals surface area contributed by atoms with Crippen molar-refractivity contribution >= 4 is 5.91 Å². The number of hydrogen-bond donors (Lipinski definition) is 1. The first kappa shape index (κ1) is 23.3. The van der Waals surface area contributed by atoms with E-state index >= 15 is 0 Å². The SMILES string of the molecule is CCCN1CCCCCOc2ccc(C(=O)N(C)CCO)cc2Cc2cccc(c2)C1. The van der Waals surface area contributed by atoms with E-state index in [2.05, 4.69) is 36.1 Å². The third-order valence-corrected chi connectivity index (χ3v) is 5.80. The Morgan fingerprint density at radius 3 is 2.77 bits per heavy atom. The number of benzene rings is 2. The topological polar surface area (TPSA) is 53.0 Å². The average molecular weight is 425 g/mol. The minimum absolute atomic E-state index is 0.0435. The van der Waals surface area contributed by atoms with E-state index in [1.165, 1.54) is 17.5 Å².